The fourth-order valence-electron chi connectivity index (χ4n) is 2.36. The number of pyridine rings is 1. The topological polar surface area (TPSA) is 101 Å². The van der Waals surface area contributed by atoms with Gasteiger partial charge in [-0.15, -0.1) is 0 Å². The number of amides is 1. The number of carbonyl (C=O) groups is 1. The average Bonchev–Trinajstić information content (AvgIpc) is 2.88. The number of aromatic amines is 1. The van der Waals surface area contributed by atoms with Crippen LogP contribution in [-0.4, -0.2) is 34.0 Å². The molecule has 0 radical (unpaired) electrons. The summed E-state index contributed by atoms with van der Waals surface area (Å²) in [5, 5.41) is 1.02. The molecule has 6 heteroatoms. The second kappa shape index (κ2) is 4.50. The summed E-state index contributed by atoms with van der Waals surface area (Å²) in [6, 6.07) is 3.97. The van der Waals surface area contributed by atoms with E-state index in [9.17, 15) is 4.79 Å². The Bertz CT molecular complexity index is 743. The van der Waals surface area contributed by atoms with Crippen molar-refractivity contribution in [3.05, 3.63) is 47.9 Å². The predicted molar refractivity (Wildman–Crippen MR) is 77.1 cm³/mol. The molecule has 102 valence electrons. The molecule has 20 heavy (non-hydrogen) atoms. The van der Waals surface area contributed by atoms with Crippen molar-refractivity contribution in [3.63, 3.8) is 0 Å². The molecule has 0 spiro atoms. The van der Waals surface area contributed by atoms with Crippen molar-refractivity contribution in [2.75, 3.05) is 7.05 Å². The summed E-state index contributed by atoms with van der Waals surface area (Å²) in [5.74, 6) is -0.488. The number of nitrogens with two attached hydrogens (primary N) is 2. The lowest BCUT2D eigenvalue weighted by molar-refractivity contribution is -0.116. The van der Waals surface area contributed by atoms with Crippen LogP contribution < -0.4 is 11.5 Å². The van der Waals surface area contributed by atoms with Crippen LogP contribution in [0.5, 0.6) is 0 Å². The number of fused-ring (bicyclic) bond motifs is 1. The zero-order valence-corrected chi connectivity index (χ0v) is 11.0. The Morgan fingerprint density at radius 2 is 2.25 bits per heavy atom. The fraction of sp³-hybridized carbons (Fsp3) is 0.143. The minimum atomic E-state index is -0.488. The van der Waals surface area contributed by atoms with Crippen LogP contribution in [0, 0.1) is 0 Å². The highest BCUT2D eigenvalue weighted by molar-refractivity contribution is 5.93. The van der Waals surface area contributed by atoms with Crippen molar-refractivity contribution in [2.24, 2.45) is 11.5 Å². The molecule has 6 nitrogen and oxygen atoms in total. The van der Waals surface area contributed by atoms with E-state index in [2.05, 4.69) is 9.97 Å². The molecule has 3 heterocycles. The molecule has 0 saturated carbocycles. The highest BCUT2D eigenvalue weighted by atomic mass is 16.1. The van der Waals surface area contributed by atoms with Crippen molar-refractivity contribution in [3.8, 4) is 0 Å². The van der Waals surface area contributed by atoms with Crippen LogP contribution in [0.4, 0.5) is 0 Å². The zero-order valence-electron chi connectivity index (χ0n) is 11.0. The molecule has 1 aliphatic heterocycles. The van der Waals surface area contributed by atoms with Gasteiger partial charge in [0.25, 0.3) is 5.91 Å². The van der Waals surface area contributed by atoms with Gasteiger partial charge >= 0.3 is 0 Å². The second-order valence-electron chi connectivity index (χ2n) is 4.73. The summed E-state index contributed by atoms with van der Waals surface area (Å²) >= 11 is 0. The summed E-state index contributed by atoms with van der Waals surface area (Å²) in [5.41, 5.74) is 14.5. The van der Waals surface area contributed by atoms with Crippen molar-refractivity contribution in [1.29, 1.82) is 0 Å². The molecular weight excluding hydrogens is 254 g/mol. The number of carbonyl (C=O) groups excluding carboxylic acids is 1. The van der Waals surface area contributed by atoms with E-state index >= 15 is 0 Å². The Morgan fingerprint density at radius 1 is 1.45 bits per heavy atom. The van der Waals surface area contributed by atoms with E-state index in [1.165, 1.54) is 0 Å². The summed E-state index contributed by atoms with van der Waals surface area (Å²) in [4.78, 5) is 20.4. The highest BCUT2D eigenvalue weighted by Crippen LogP contribution is 2.26. The van der Waals surface area contributed by atoms with Crippen molar-refractivity contribution in [2.45, 2.75) is 6.17 Å². The van der Waals surface area contributed by atoms with Crippen molar-refractivity contribution in [1.82, 2.24) is 14.9 Å². The van der Waals surface area contributed by atoms with E-state index in [0.717, 1.165) is 22.2 Å². The minimum absolute atomic E-state index is 0.400. The third-order valence-corrected chi connectivity index (χ3v) is 3.52. The quantitative estimate of drug-likeness (QED) is 0.740. The number of nitrogens with zero attached hydrogens (tertiary/aromatic N) is 2. The lowest BCUT2D eigenvalue weighted by Gasteiger charge is -2.32. The first kappa shape index (κ1) is 12.4. The molecule has 1 aliphatic rings. The molecule has 5 N–H and O–H groups in total. The Labute approximate surface area is 115 Å². The number of aromatic nitrogens is 2. The number of allylic oxidation sites excluding steroid dienone is 2. The Hall–Kier alpha value is -2.60. The van der Waals surface area contributed by atoms with Crippen LogP contribution in [0.25, 0.3) is 16.6 Å². The van der Waals surface area contributed by atoms with E-state index in [1.807, 2.05) is 24.4 Å². The van der Waals surface area contributed by atoms with E-state index in [0.29, 0.717) is 5.70 Å². The van der Waals surface area contributed by atoms with Gasteiger partial charge in [0.05, 0.1) is 0 Å². The van der Waals surface area contributed by atoms with Crippen LogP contribution >= 0.6 is 0 Å². The second-order valence-corrected chi connectivity index (χ2v) is 4.73. The number of likely N-dealkylation sites (N-methyl/N-ethyl adjacent to an activating group) is 1. The molecular formula is C14H15N5O. The van der Waals surface area contributed by atoms with E-state index in [1.54, 1.807) is 24.2 Å². The maximum absolute atomic E-state index is 11.3. The van der Waals surface area contributed by atoms with E-state index in [-0.39, 0.29) is 0 Å². The van der Waals surface area contributed by atoms with Crippen LogP contribution in [0.1, 0.15) is 5.56 Å². The van der Waals surface area contributed by atoms with Gasteiger partial charge in [-0.05, 0) is 23.8 Å². The number of nitrogens with one attached hydrogen (secondary N) is 1. The van der Waals surface area contributed by atoms with Crippen LogP contribution in [-0.2, 0) is 4.79 Å². The molecule has 3 rings (SSSR count). The number of primary amides is 1. The van der Waals surface area contributed by atoms with Gasteiger partial charge in [-0.3, -0.25) is 4.79 Å². The highest BCUT2D eigenvalue weighted by Gasteiger charge is 2.24. The van der Waals surface area contributed by atoms with Gasteiger partial charge in [0.15, 0.2) is 0 Å². The van der Waals surface area contributed by atoms with E-state index in [4.69, 9.17) is 11.5 Å². The largest absolute Gasteiger partial charge is 0.364 e. The molecule has 0 aromatic carbocycles. The fourth-order valence-corrected chi connectivity index (χ4v) is 2.36. The van der Waals surface area contributed by atoms with Gasteiger partial charge in [-0.2, -0.15) is 0 Å². The molecule has 0 fully saturated rings. The third kappa shape index (κ3) is 1.86. The van der Waals surface area contributed by atoms with Crippen LogP contribution in [0.3, 0.4) is 0 Å². The van der Waals surface area contributed by atoms with Gasteiger partial charge in [0, 0.05) is 30.4 Å². The monoisotopic (exact) mass is 269 g/mol. The van der Waals surface area contributed by atoms with Crippen molar-refractivity contribution < 1.29 is 4.79 Å². The maximum Gasteiger partial charge on any atom is 0.265 e. The maximum atomic E-state index is 11.3. The number of hydrogen-bond donors (Lipinski definition) is 3. The molecule has 1 amide bonds. The molecule has 2 aromatic heterocycles. The Morgan fingerprint density at radius 3 is 3.00 bits per heavy atom. The standard InChI is InChI=1S/C14H15N5O/c1-19-11(13(16)20)3-2-10(12(19)15)9-6-8-4-5-17-14(8)18-7-9/h2-7,12H,15H2,1H3,(H2,16,20)(H,17,18). The summed E-state index contributed by atoms with van der Waals surface area (Å²) in [6.07, 6.45) is 6.68. The summed E-state index contributed by atoms with van der Waals surface area (Å²) < 4.78 is 0. The smallest absolute Gasteiger partial charge is 0.265 e. The SMILES string of the molecule is CN1C(C(N)=O)=CC=C(c2cnc3[nH]ccc3c2)C1N. The predicted octanol–water partition coefficient (Wildman–Crippen LogP) is 0.546. The van der Waals surface area contributed by atoms with Gasteiger partial charge in [-0.25, -0.2) is 4.98 Å². The lowest BCUT2D eigenvalue weighted by atomic mass is 9.99. The Balaban J connectivity index is 2.06. The minimum Gasteiger partial charge on any atom is -0.364 e. The molecule has 2 aromatic rings. The molecule has 0 saturated heterocycles. The first-order valence-corrected chi connectivity index (χ1v) is 6.21. The number of H-pyrrole nitrogens is 1. The van der Waals surface area contributed by atoms with Crippen LogP contribution in [0.2, 0.25) is 0 Å². The van der Waals surface area contributed by atoms with Gasteiger partial charge in [0.1, 0.15) is 17.5 Å². The number of hydrogen-bond acceptors (Lipinski definition) is 4. The first-order chi connectivity index (χ1) is 9.58. The third-order valence-electron chi connectivity index (χ3n) is 3.52. The van der Waals surface area contributed by atoms with Gasteiger partial charge in [-0.1, -0.05) is 6.08 Å². The first-order valence-electron chi connectivity index (χ1n) is 6.21. The molecule has 1 atom stereocenters. The summed E-state index contributed by atoms with van der Waals surface area (Å²) in [6.45, 7) is 0. The zero-order chi connectivity index (χ0) is 14.3. The van der Waals surface area contributed by atoms with Gasteiger partial charge < -0.3 is 21.4 Å². The van der Waals surface area contributed by atoms with E-state index < -0.39 is 12.1 Å². The van der Waals surface area contributed by atoms with Crippen molar-refractivity contribution >= 4 is 22.5 Å². The Kier molecular flexibility index (Phi) is 2.80. The van der Waals surface area contributed by atoms with Crippen LogP contribution in [0.15, 0.2) is 42.4 Å². The molecule has 0 bridgehead atoms. The molecule has 1 unspecified atom stereocenters. The normalized spacial score (nSPS) is 18.9. The number of rotatable bonds is 2. The molecule has 0 aliphatic carbocycles. The average molecular weight is 269 g/mol. The van der Waals surface area contributed by atoms with Gasteiger partial charge in [0.2, 0.25) is 0 Å². The lowest BCUT2D eigenvalue weighted by Crippen LogP contribution is -2.44. The summed E-state index contributed by atoms with van der Waals surface area (Å²) in [7, 11) is 1.75.